The Bertz CT molecular complexity index is 556. The fraction of sp³-hybridized carbons (Fsp3) is 0.364. The van der Waals surface area contributed by atoms with E-state index >= 15 is 0 Å². The Labute approximate surface area is 100.0 Å². The van der Waals surface area contributed by atoms with Crippen molar-refractivity contribution in [2.24, 2.45) is 5.92 Å². The van der Waals surface area contributed by atoms with Gasteiger partial charge < -0.3 is 5.11 Å². The minimum atomic E-state index is -3.59. The highest BCUT2D eigenvalue weighted by atomic mass is 32.2. The maximum absolute atomic E-state index is 12.1. The molecule has 1 saturated heterocycles. The monoisotopic (exact) mass is 252 g/mol. The van der Waals surface area contributed by atoms with Crippen LogP contribution in [0.3, 0.4) is 0 Å². The molecule has 1 aromatic carbocycles. The zero-order valence-corrected chi connectivity index (χ0v) is 9.89. The summed E-state index contributed by atoms with van der Waals surface area (Å²) < 4.78 is 25.6. The summed E-state index contributed by atoms with van der Waals surface area (Å²) >= 11 is 0. The van der Waals surface area contributed by atoms with Gasteiger partial charge in [-0.25, -0.2) is 8.42 Å². The fourth-order valence-electron chi connectivity index (χ4n) is 1.76. The summed E-state index contributed by atoms with van der Waals surface area (Å²) in [5.41, 5.74) is 0.153. The van der Waals surface area contributed by atoms with E-state index in [-0.39, 0.29) is 23.0 Å². The van der Waals surface area contributed by atoms with Gasteiger partial charge in [0.1, 0.15) is 6.07 Å². The number of rotatable bonds is 3. The van der Waals surface area contributed by atoms with Crippen LogP contribution >= 0.6 is 0 Å². The summed E-state index contributed by atoms with van der Waals surface area (Å²) in [4.78, 5) is 0.0406. The number of aliphatic hydroxyl groups excluding tert-OH is 1. The largest absolute Gasteiger partial charge is 0.396 e. The van der Waals surface area contributed by atoms with Crippen LogP contribution in [0.5, 0.6) is 0 Å². The number of sulfonamides is 1. The standard InChI is InChI=1S/C11H12N2O3S/c12-5-10-3-1-2-4-11(10)17(15,16)13-6-9(7-13)8-14/h1-4,9,14H,6-8H2. The van der Waals surface area contributed by atoms with Crippen LogP contribution in [0.1, 0.15) is 5.56 Å². The highest BCUT2D eigenvalue weighted by Crippen LogP contribution is 2.26. The Kier molecular flexibility index (Phi) is 3.15. The minimum absolute atomic E-state index is 0.00802. The lowest BCUT2D eigenvalue weighted by atomic mass is 10.1. The molecule has 0 amide bonds. The predicted molar refractivity (Wildman–Crippen MR) is 60.5 cm³/mol. The van der Waals surface area contributed by atoms with E-state index in [1.165, 1.54) is 16.4 Å². The molecule has 0 aromatic heterocycles. The fourth-order valence-corrected chi connectivity index (χ4v) is 3.49. The Morgan fingerprint density at radius 2 is 2.06 bits per heavy atom. The maximum Gasteiger partial charge on any atom is 0.244 e. The Hall–Kier alpha value is -1.42. The van der Waals surface area contributed by atoms with Crippen molar-refractivity contribution < 1.29 is 13.5 Å². The molecule has 0 unspecified atom stereocenters. The first-order valence-electron chi connectivity index (χ1n) is 5.19. The number of nitrogens with zero attached hydrogens (tertiary/aromatic N) is 2. The third kappa shape index (κ3) is 2.05. The first-order chi connectivity index (χ1) is 8.09. The van der Waals surface area contributed by atoms with Gasteiger partial charge in [-0.05, 0) is 12.1 Å². The number of aliphatic hydroxyl groups is 1. The van der Waals surface area contributed by atoms with E-state index in [1.807, 2.05) is 6.07 Å². The second kappa shape index (κ2) is 4.45. The SMILES string of the molecule is N#Cc1ccccc1S(=O)(=O)N1CC(CO)C1. The Morgan fingerprint density at radius 1 is 1.41 bits per heavy atom. The van der Waals surface area contributed by atoms with Crippen LogP contribution in [-0.2, 0) is 10.0 Å². The summed E-state index contributed by atoms with van der Waals surface area (Å²) in [7, 11) is -3.59. The zero-order valence-electron chi connectivity index (χ0n) is 9.07. The maximum atomic E-state index is 12.1. The van der Waals surface area contributed by atoms with Crippen molar-refractivity contribution in [1.29, 1.82) is 5.26 Å². The molecule has 0 spiro atoms. The number of benzene rings is 1. The number of nitriles is 1. The lowest BCUT2D eigenvalue weighted by Crippen LogP contribution is -2.51. The van der Waals surface area contributed by atoms with Crippen LogP contribution < -0.4 is 0 Å². The molecule has 1 aliphatic rings. The van der Waals surface area contributed by atoms with E-state index in [9.17, 15) is 8.42 Å². The Morgan fingerprint density at radius 3 is 2.65 bits per heavy atom. The van der Waals surface area contributed by atoms with Gasteiger partial charge >= 0.3 is 0 Å². The molecule has 0 saturated carbocycles. The average Bonchev–Trinajstić information content (AvgIpc) is 2.27. The van der Waals surface area contributed by atoms with Gasteiger partial charge in [-0.3, -0.25) is 0 Å². The summed E-state index contributed by atoms with van der Waals surface area (Å²) in [6, 6.07) is 8.01. The first-order valence-corrected chi connectivity index (χ1v) is 6.63. The normalized spacial score (nSPS) is 17.4. The number of hydrogen-bond acceptors (Lipinski definition) is 4. The molecule has 2 rings (SSSR count). The number of hydrogen-bond donors (Lipinski definition) is 1. The van der Waals surface area contributed by atoms with E-state index < -0.39 is 10.0 Å². The van der Waals surface area contributed by atoms with Gasteiger partial charge in [0.2, 0.25) is 10.0 Å². The molecule has 1 heterocycles. The van der Waals surface area contributed by atoms with Gasteiger partial charge in [-0.2, -0.15) is 9.57 Å². The van der Waals surface area contributed by atoms with Crippen LogP contribution in [0.4, 0.5) is 0 Å². The van der Waals surface area contributed by atoms with Gasteiger partial charge in [0.25, 0.3) is 0 Å². The third-order valence-electron chi connectivity index (χ3n) is 2.81. The van der Waals surface area contributed by atoms with Crippen molar-refractivity contribution >= 4 is 10.0 Å². The molecular weight excluding hydrogens is 240 g/mol. The first kappa shape index (κ1) is 12.0. The predicted octanol–water partition coefficient (Wildman–Crippen LogP) is 0.171. The molecule has 90 valence electrons. The van der Waals surface area contributed by atoms with Crippen LogP contribution in [0, 0.1) is 17.2 Å². The van der Waals surface area contributed by atoms with Crippen molar-refractivity contribution in [2.75, 3.05) is 19.7 Å². The quantitative estimate of drug-likeness (QED) is 0.831. The lowest BCUT2D eigenvalue weighted by molar-refractivity contribution is 0.117. The molecule has 0 radical (unpaired) electrons. The van der Waals surface area contributed by atoms with Crippen molar-refractivity contribution in [1.82, 2.24) is 4.31 Å². The van der Waals surface area contributed by atoms with Crippen LogP contribution in [-0.4, -0.2) is 37.5 Å². The summed E-state index contributed by atoms with van der Waals surface area (Å²) in [5, 5.41) is 17.7. The van der Waals surface area contributed by atoms with Gasteiger partial charge in [-0.1, -0.05) is 12.1 Å². The van der Waals surface area contributed by atoms with Crippen molar-refractivity contribution in [3.05, 3.63) is 29.8 Å². The summed E-state index contributed by atoms with van der Waals surface area (Å²) in [5.74, 6) is 0.0130. The molecule has 1 fully saturated rings. The zero-order chi connectivity index (χ0) is 12.5. The molecule has 17 heavy (non-hydrogen) atoms. The van der Waals surface area contributed by atoms with Gasteiger partial charge in [0.15, 0.2) is 0 Å². The molecule has 0 bridgehead atoms. The van der Waals surface area contributed by atoms with Gasteiger partial charge in [0.05, 0.1) is 10.5 Å². The topological polar surface area (TPSA) is 81.4 Å². The minimum Gasteiger partial charge on any atom is -0.396 e. The average molecular weight is 252 g/mol. The van der Waals surface area contributed by atoms with E-state index in [1.54, 1.807) is 12.1 Å². The van der Waals surface area contributed by atoms with Crippen molar-refractivity contribution in [2.45, 2.75) is 4.90 Å². The second-order valence-corrected chi connectivity index (χ2v) is 5.88. The summed E-state index contributed by atoms with van der Waals surface area (Å²) in [6.07, 6.45) is 0. The molecular formula is C11H12N2O3S. The molecule has 5 nitrogen and oxygen atoms in total. The highest BCUT2D eigenvalue weighted by molar-refractivity contribution is 7.89. The van der Waals surface area contributed by atoms with Gasteiger partial charge in [-0.15, -0.1) is 0 Å². The lowest BCUT2D eigenvalue weighted by Gasteiger charge is -2.37. The van der Waals surface area contributed by atoms with Crippen molar-refractivity contribution in [3.63, 3.8) is 0 Å². The highest BCUT2D eigenvalue weighted by Gasteiger charge is 2.37. The second-order valence-electron chi connectivity index (χ2n) is 3.98. The smallest absolute Gasteiger partial charge is 0.244 e. The third-order valence-corrected chi connectivity index (χ3v) is 4.70. The van der Waals surface area contributed by atoms with E-state index in [4.69, 9.17) is 10.4 Å². The van der Waals surface area contributed by atoms with E-state index in [0.717, 1.165) is 0 Å². The van der Waals surface area contributed by atoms with Crippen LogP contribution in [0.2, 0.25) is 0 Å². The molecule has 0 aliphatic carbocycles. The van der Waals surface area contributed by atoms with E-state index in [0.29, 0.717) is 13.1 Å². The van der Waals surface area contributed by atoms with Crippen LogP contribution in [0.25, 0.3) is 0 Å². The van der Waals surface area contributed by atoms with Crippen LogP contribution in [0.15, 0.2) is 29.2 Å². The summed E-state index contributed by atoms with van der Waals surface area (Å²) in [6.45, 7) is 0.628. The molecule has 6 heteroatoms. The Balaban J connectivity index is 2.31. The van der Waals surface area contributed by atoms with E-state index in [2.05, 4.69) is 0 Å². The molecule has 1 N–H and O–H groups in total. The molecule has 1 aromatic rings. The molecule has 1 aliphatic heterocycles. The van der Waals surface area contributed by atoms with Crippen molar-refractivity contribution in [3.8, 4) is 6.07 Å². The molecule has 0 atom stereocenters. The van der Waals surface area contributed by atoms with Gasteiger partial charge in [0, 0.05) is 25.6 Å².